The standard InChI is InChI=1S/C46H49N5O9/c1-32(34-10-4-3-5-11-34)47-43(54)46(2,48-44(55)57-30-38-26-36-12-6-9-15-41(36)60-38)27-37-29-51(40-14-8-7-13-39(37)40)45(56)59-31-58-42(53)35-18-16-33(17-19-35)28-50-22-20-49(21-23-50)24-25-52/h3-19,26,29,32,52H,20-25,27-28,30-31H2,1-2H3,(H,47,54)(H,48,55). The zero-order valence-corrected chi connectivity index (χ0v) is 33.7. The second kappa shape index (κ2) is 19.1. The van der Waals surface area contributed by atoms with Crippen molar-refractivity contribution in [3.63, 3.8) is 0 Å². The summed E-state index contributed by atoms with van der Waals surface area (Å²) in [6, 6.07) is 32.5. The Morgan fingerprint density at radius 2 is 1.53 bits per heavy atom. The van der Waals surface area contributed by atoms with Gasteiger partial charge in [0.05, 0.1) is 23.7 Å². The fourth-order valence-electron chi connectivity index (χ4n) is 7.39. The van der Waals surface area contributed by atoms with E-state index in [0.717, 1.165) is 49.2 Å². The first kappa shape index (κ1) is 41.7. The molecule has 60 heavy (non-hydrogen) atoms. The number of carbonyl (C=O) groups is 4. The number of esters is 1. The van der Waals surface area contributed by atoms with Gasteiger partial charge in [-0.15, -0.1) is 0 Å². The summed E-state index contributed by atoms with van der Waals surface area (Å²) in [6.45, 7) is 7.82. The summed E-state index contributed by atoms with van der Waals surface area (Å²) >= 11 is 0. The van der Waals surface area contributed by atoms with Crippen molar-refractivity contribution in [1.82, 2.24) is 25.0 Å². The molecule has 2 atom stereocenters. The van der Waals surface area contributed by atoms with E-state index in [0.29, 0.717) is 39.9 Å². The number of fused-ring (bicyclic) bond motifs is 2. The number of benzene rings is 4. The highest BCUT2D eigenvalue weighted by molar-refractivity contribution is 5.95. The third-order valence-electron chi connectivity index (χ3n) is 10.7. The highest BCUT2D eigenvalue weighted by Crippen LogP contribution is 2.27. The molecule has 2 unspecified atom stereocenters. The van der Waals surface area contributed by atoms with Crippen LogP contribution < -0.4 is 10.6 Å². The molecule has 1 fully saturated rings. The summed E-state index contributed by atoms with van der Waals surface area (Å²) in [5.74, 6) is -0.678. The Bertz CT molecular complexity index is 2390. The van der Waals surface area contributed by atoms with E-state index in [2.05, 4.69) is 20.4 Å². The number of furan rings is 1. The maximum Gasteiger partial charge on any atom is 0.421 e. The molecule has 3 N–H and O–H groups in total. The molecule has 1 aliphatic heterocycles. The van der Waals surface area contributed by atoms with Gasteiger partial charge in [0, 0.05) is 62.7 Å². The summed E-state index contributed by atoms with van der Waals surface area (Å²) in [4.78, 5) is 58.5. The molecule has 1 aliphatic rings. The fraction of sp³-hybridized carbons (Fsp3) is 0.304. The fourth-order valence-corrected chi connectivity index (χ4v) is 7.39. The van der Waals surface area contributed by atoms with Gasteiger partial charge in [0.25, 0.3) is 0 Å². The van der Waals surface area contributed by atoms with Gasteiger partial charge in [-0.3, -0.25) is 19.2 Å². The topological polar surface area (TPSA) is 165 Å². The van der Waals surface area contributed by atoms with Crippen LogP contribution in [0.1, 0.15) is 52.7 Å². The molecule has 0 aliphatic carbocycles. The van der Waals surface area contributed by atoms with Crippen LogP contribution in [-0.2, 0) is 38.6 Å². The molecule has 14 nitrogen and oxygen atoms in total. The van der Waals surface area contributed by atoms with Crippen molar-refractivity contribution in [2.45, 2.75) is 45.0 Å². The number of rotatable bonds is 15. The first-order valence-electron chi connectivity index (χ1n) is 19.9. The second-order valence-corrected chi connectivity index (χ2v) is 15.1. The summed E-state index contributed by atoms with van der Waals surface area (Å²) in [6.07, 6.45) is -0.130. The number of carbonyl (C=O) groups excluding carboxylic acids is 4. The van der Waals surface area contributed by atoms with Crippen LogP contribution in [0.15, 0.2) is 120 Å². The van der Waals surface area contributed by atoms with Crippen LogP contribution in [0.5, 0.6) is 0 Å². The van der Waals surface area contributed by atoms with E-state index in [4.69, 9.17) is 18.6 Å². The van der Waals surface area contributed by atoms with E-state index in [1.54, 1.807) is 55.6 Å². The number of nitrogens with one attached hydrogen (secondary N) is 2. The molecule has 0 saturated carbocycles. The summed E-state index contributed by atoms with van der Waals surface area (Å²) in [7, 11) is 0. The average molecular weight is 816 g/mol. The van der Waals surface area contributed by atoms with Crippen molar-refractivity contribution in [1.29, 1.82) is 0 Å². The zero-order valence-electron chi connectivity index (χ0n) is 33.7. The molecule has 2 amide bonds. The number of piperazine rings is 1. The number of alkyl carbamates (subject to hydrolysis) is 1. The summed E-state index contributed by atoms with van der Waals surface area (Å²) < 4.78 is 23.3. The van der Waals surface area contributed by atoms with E-state index in [9.17, 15) is 24.3 Å². The monoisotopic (exact) mass is 815 g/mol. The summed E-state index contributed by atoms with van der Waals surface area (Å²) in [5.41, 5.74) is 2.39. The number of hydrogen-bond acceptors (Lipinski definition) is 11. The van der Waals surface area contributed by atoms with Crippen molar-refractivity contribution < 1.29 is 42.9 Å². The zero-order chi connectivity index (χ0) is 42.1. The molecule has 0 spiro atoms. The van der Waals surface area contributed by atoms with Gasteiger partial charge in [0.15, 0.2) is 6.61 Å². The second-order valence-electron chi connectivity index (χ2n) is 15.1. The lowest BCUT2D eigenvalue weighted by Gasteiger charge is -2.34. The number of para-hydroxylation sites is 2. The lowest BCUT2D eigenvalue weighted by atomic mass is 9.91. The molecule has 0 radical (unpaired) electrons. The molecule has 1 saturated heterocycles. The highest BCUT2D eigenvalue weighted by atomic mass is 16.7. The largest absolute Gasteiger partial charge is 0.457 e. The molecular weight excluding hydrogens is 767 g/mol. The lowest BCUT2D eigenvalue weighted by Crippen LogP contribution is -2.58. The van der Waals surface area contributed by atoms with Gasteiger partial charge in [0.2, 0.25) is 12.7 Å². The number of hydrogen-bond donors (Lipinski definition) is 3. The van der Waals surface area contributed by atoms with E-state index < -0.39 is 42.4 Å². The molecule has 0 bridgehead atoms. The van der Waals surface area contributed by atoms with Crippen LogP contribution in [0.25, 0.3) is 21.9 Å². The first-order chi connectivity index (χ1) is 29.1. The van der Waals surface area contributed by atoms with Gasteiger partial charge in [0.1, 0.15) is 16.9 Å². The molecule has 312 valence electrons. The van der Waals surface area contributed by atoms with Gasteiger partial charge in [-0.1, -0.05) is 78.9 Å². The Labute approximate surface area is 347 Å². The van der Waals surface area contributed by atoms with E-state index in [1.807, 2.05) is 73.7 Å². The highest BCUT2D eigenvalue weighted by Gasteiger charge is 2.38. The Morgan fingerprint density at radius 3 is 2.28 bits per heavy atom. The minimum atomic E-state index is -1.56. The van der Waals surface area contributed by atoms with Gasteiger partial charge in [-0.05, 0) is 60.9 Å². The van der Waals surface area contributed by atoms with Gasteiger partial charge >= 0.3 is 18.2 Å². The van der Waals surface area contributed by atoms with Crippen molar-refractivity contribution in [3.8, 4) is 0 Å². The maximum absolute atomic E-state index is 14.2. The average Bonchev–Trinajstić information content (AvgIpc) is 3.85. The van der Waals surface area contributed by atoms with Crippen LogP contribution in [0.3, 0.4) is 0 Å². The lowest BCUT2D eigenvalue weighted by molar-refractivity contribution is -0.127. The maximum atomic E-state index is 14.2. The third-order valence-corrected chi connectivity index (χ3v) is 10.7. The third kappa shape index (κ3) is 10.2. The molecule has 4 aromatic carbocycles. The number of β-amino-alcohol motifs (C(OH)–C–C–N with tert-alkyl or cyclic N) is 1. The van der Waals surface area contributed by atoms with Crippen molar-refractivity contribution in [3.05, 3.63) is 143 Å². The van der Waals surface area contributed by atoms with E-state index >= 15 is 0 Å². The minimum absolute atomic E-state index is 0.0359. The minimum Gasteiger partial charge on any atom is -0.457 e. The van der Waals surface area contributed by atoms with Crippen LogP contribution in [0.4, 0.5) is 9.59 Å². The number of ether oxygens (including phenoxy) is 3. The Morgan fingerprint density at radius 1 is 0.833 bits per heavy atom. The van der Waals surface area contributed by atoms with Crippen LogP contribution in [-0.4, -0.2) is 95.2 Å². The quantitative estimate of drug-likeness (QED) is 0.0776. The first-order valence-corrected chi connectivity index (χ1v) is 19.9. The molecule has 3 heterocycles. The number of aliphatic hydroxyl groups is 1. The number of amides is 2. The Hall–Kier alpha value is -6.48. The number of nitrogens with zero attached hydrogens (tertiary/aromatic N) is 3. The van der Waals surface area contributed by atoms with E-state index in [-0.39, 0.29) is 19.6 Å². The van der Waals surface area contributed by atoms with Gasteiger partial charge in [-0.25, -0.2) is 14.4 Å². The van der Waals surface area contributed by atoms with Crippen molar-refractivity contribution in [2.75, 3.05) is 46.1 Å². The predicted molar refractivity (Wildman–Crippen MR) is 224 cm³/mol. The van der Waals surface area contributed by atoms with Gasteiger partial charge < -0.3 is 34.4 Å². The van der Waals surface area contributed by atoms with Crippen LogP contribution in [0, 0.1) is 0 Å². The molecule has 6 aromatic rings. The van der Waals surface area contributed by atoms with Crippen molar-refractivity contribution in [2.24, 2.45) is 0 Å². The molecular formula is C46H49N5O9. The van der Waals surface area contributed by atoms with Crippen LogP contribution >= 0.6 is 0 Å². The predicted octanol–water partition coefficient (Wildman–Crippen LogP) is 6.40. The SMILES string of the molecule is CC(NC(=O)C(C)(Cc1cn(C(=O)OCOC(=O)c2ccc(CN3CCN(CCO)CC3)cc2)c2ccccc12)NC(=O)OCc1cc2ccccc2o1)c1ccccc1. The molecule has 7 rings (SSSR count). The van der Waals surface area contributed by atoms with Crippen LogP contribution in [0.2, 0.25) is 0 Å². The normalized spacial score (nSPS) is 14.9. The number of aromatic nitrogens is 1. The molecule has 2 aromatic heterocycles. The Balaban J connectivity index is 1.01. The van der Waals surface area contributed by atoms with Gasteiger partial charge in [-0.2, -0.15) is 0 Å². The van der Waals surface area contributed by atoms with Crippen molar-refractivity contribution >= 4 is 45.9 Å². The smallest absolute Gasteiger partial charge is 0.421 e. The molecule has 14 heteroatoms. The number of aliphatic hydroxyl groups excluding tert-OH is 1. The van der Waals surface area contributed by atoms with E-state index in [1.165, 1.54) is 4.57 Å². The Kier molecular flexibility index (Phi) is 13.2. The summed E-state index contributed by atoms with van der Waals surface area (Å²) in [5, 5.41) is 16.5.